The molecule has 0 aromatic heterocycles. The molecular weight excluding hydrogens is 432 g/mol. The summed E-state index contributed by atoms with van der Waals surface area (Å²) < 4.78 is 1.60. The highest BCUT2D eigenvalue weighted by Crippen LogP contribution is 2.39. The lowest BCUT2D eigenvalue weighted by Crippen LogP contribution is -2.53. The molecule has 0 spiro atoms. The van der Waals surface area contributed by atoms with Crippen molar-refractivity contribution < 1.29 is 19.9 Å². The molecule has 2 aromatic rings. The van der Waals surface area contributed by atoms with E-state index in [1.807, 2.05) is 24.3 Å². The lowest BCUT2D eigenvalue weighted by molar-refractivity contribution is -0.539. The summed E-state index contributed by atoms with van der Waals surface area (Å²) in [5.74, 6) is 0.205. The minimum Gasteiger partial charge on any atom is -0.714 e. The fourth-order valence-corrected chi connectivity index (χ4v) is 4.31. The van der Waals surface area contributed by atoms with Gasteiger partial charge in [0.25, 0.3) is 0 Å². The maximum atomic E-state index is 12.9. The van der Waals surface area contributed by atoms with Gasteiger partial charge >= 0.3 is 11.7 Å². The van der Waals surface area contributed by atoms with Gasteiger partial charge in [-0.3, -0.25) is 9.48 Å². The molecule has 0 saturated heterocycles. The topological polar surface area (TPSA) is 98.4 Å². The van der Waals surface area contributed by atoms with Gasteiger partial charge in [0.2, 0.25) is 0 Å². The molecule has 2 aliphatic heterocycles. The zero-order valence-corrected chi connectivity index (χ0v) is 21.0. The molecular formula is C26H32N4O4. The Kier molecular flexibility index (Phi) is 5.09. The van der Waals surface area contributed by atoms with Crippen molar-refractivity contribution in [3.63, 3.8) is 0 Å². The van der Waals surface area contributed by atoms with Gasteiger partial charge in [-0.1, -0.05) is 34.4 Å². The van der Waals surface area contributed by atoms with Gasteiger partial charge in [0, 0.05) is 10.4 Å². The minimum atomic E-state index is -0.871. The molecule has 0 amide bonds. The predicted octanol–water partition coefficient (Wildman–Crippen LogP) is 4.30. The number of benzene rings is 2. The SMILES string of the molecule is CC1(C)N([O])C(c2ccc(-c3ccc(C4=[N+]([O-])C(C)(C)C(C)(C)N4[O])cc3)cc2)=[N+]([O-])C1(C)C. The molecule has 2 aromatic carbocycles. The zero-order valence-electron chi connectivity index (χ0n) is 21.0. The van der Waals surface area contributed by atoms with Crippen molar-refractivity contribution >= 4 is 11.7 Å². The van der Waals surface area contributed by atoms with E-state index < -0.39 is 22.2 Å². The van der Waals surface area contributed by atoms with Crippen LogP contribution < -0.4 is 0 Å². The highest BCUT2D eigenvalue weighted by molar-refractivity contribution is 5.97. The van der Waals surface area contributed by atoms with E-state index in [1.165, 1.54) is 0 Å². The first-order valence-corrected chi connectivity index (χ1v) is 11.4. The molecule has 0 atom stereocenters. The van der Waals surface area contributed by atoms with Crippen LogP contribution in [0.1, 0.15) is 66.5 Å². The molecule has 0 N–H and O–H groups in total. The number of hydrogen-bond acceptors (Lipinski definition) is 4. The largest absolute Gasteiger partial charge is 0.714 e. The smallest absolute Gasteiger partial charge is 0.316 e. The zero-order chi connectivity index (χ0) is 25.4. The molecule has 2 aliphatic rings. The van der Waals surface area contributed by atoms with Crippen LogP contribution in [0.3, 0.4) is 0 Å². The minimum absolute atomic E-state index is 0.103. The number of nitrogens with zero attached hydrogens (tertiary/aromatic N) is 4. The Bertz CT molecular complexity index is 1100. The Morgan fingerprint density at radius 3 is 0.971 bits per heavy atom. The normalized spacial score (nSPS) is 22.6. The Balaban J connectivity index is 1.64. The van der Waals surface area contributed by atoms with Crippen molar-refractivity contribution in [3.8, 4) is 11.1 Å². The van der Waals surface area contributed by atoms with Gasteiger partial charge < -0.3 is 10.4 Å². The van der Waals surface area contributed by atoms with Gasteiger partial charge in [0.15, 0.2) is 11.1 Å². The van der Waals surface area contributed by atoms with Crippen LogP contribution in [0.2, 0.25) is 0 Å². The molecule has 34 heavy (non-hydrogen) atoms. The van der Waals surface area contributed by atoms with Gasteiger partial charge in [-0.05, 0) is 90.8 Å². The van der Waals surface area contributed by atoms with Crippen LogP contribution in [-0.2, 0) is 10.4 Å². The number of amidine groups is 2. The summed E-state index contributed by atoms with van der Waals surface area (Å²) in [6, 6.07) is 14.5. The summed E-state index contributed by atoms with van der Waals surface area (Å²) in [5.41, 5.74) is -0.600. The number of hydroxylamine groups is 6. The van der Waals surface area contributed by atoms with E-state index in [9.17, 15) is 20.8 Å². The van der Waals surface area contributed by atoms with Crippen molar-refractivity contribution in [1.82, 2.24) is 10.1 Å². The van der Waals surface area contributed by atoms with E-state index in [-0.39, 0.29) is 11.7 Å². The lowest BCUT2D eigenvalue weighted by Gasteiger charge is -2.32. The van der Waals surface area contributed by atoms with Gasteiger partial charge in [0.1, 0.15) is 11.1 Å². The molecule has 4 rings (SSSR count). The Morgan fingerprint density at radius 2 is 0.765 bits per heavy atom. The summed E-state index contributed by atoms with van der Waals surface area (Å²) in [4.78, 5) is 0. The number of hydrogen-bond donors (Lipinski definition) is 0. The molecule has 2 radical (unpaired) electrons. The van der Waals surface area contributed by atoms with Crippen LogP contribution in [0.15, 0.2) is 48.5 Å². The third-order valence-corrected chi connectivity index (χ3v) is 8.41. The Morgan fingerprint density at radius 1 is 0.529 bits per heavy atom. The van der Waals surface area contributed by atoms with Crippen LogP contribution in [0.5, 0.6) is 0 Å². The quantitative estimate of drug-likeness (QED) is 0.499. The molecule has 8 heteroatoms. The summed E-state index contributed by atoms with van der Waals surface area (Å²) in [6.45, 7) is 14.1. The highest BCUT2D eigenvalue weighted by Gasteiger charge is 2.61. The average Bonchev–Trinajstić information content (AvgIpc) is 2.98. The van der Waals surface area contributed by atoms with Crippen LogP contribution in [0.25, 0.3) is 11.1 Å². The van der Waals surface area contributed by atoms with Crippen molar-refractivity contribution in [1.29, 1.82) is 0 Å². The van der Waals surface area contributed by atoms with Crippen molar-refractivity contribution in [2.45, 2.75) is 77.5 Å². The summed E-state index contributed by atoms with van der Waals surface area (Å²) >= 11 is 0. The van der Waals surface area contributed by atoms with Gasteiger partial charge in [-0.25, -0.2) is 0 Å². The maximum absolute atomic E-state index is 12.9. The van der Waals surface area contributed by atoms with Crippen molar-refractivity contribution in [2.24, 2.45) is 0 Å². The first-order chi connectivity index (χ1) is 15.6. The second-order valence-electron chi connectivity index (χ2n) is 11.2. The van der Waals surface area contributed by atoms with E-state index in [4.69, 9.17) is 0 Å². The van der Waals surface area contributed by atoms with Crippen LogP contribution in [0.4, 0.5) is 0 Å². The van der Waals surface area contributed by atoms with Gasteiger partial charge in [-0.2, -0.15) is 0 Å². The first-order valence-electron chi connectivity index (χ1n) is 11.4. The molecule has 0 unspecified atom stereocenters. The average molecular weight is 465 g/mol. The Hall–Kier alpha value is -3.10. The van der Waals surface area contributed by atoms with Gasteiger partial charge in [-0.15, -0.1) is 0 Å². The first kappa shape index (κ1) is 24.0. The second kappa shape index (κ2) is 7.20. The maximum Gasteiger partial charge on any atom is 0.316 e. The van der Waals surface area contributed by atoms with Crippen LogP contribution in [0, 0.1) is 10.4 Å². The standard InChI is InChI=1S/C26H32N4O4/c1-23(2)24(3,4)28(32)21(27(23)31)19-13-9-17(10-14-19)18-11-15-20(16-12-18)22-29(33)25(5,6)26(7,8)30(22)34/h9-16H,1-8H3. The molecule has 0 bridgehead atoms. The summed E-state index contributed by atoms with van der Waals surface area (Å²) in [6.07, 6.45) is 0. The fourth-order valence-electron chi connectivity index (χ4n) is 4.31. The second-order valence-corrected chi connectivity index (χ2v) is 11.2. The van der Waals surface area contributed by atoms with E-state index in [0.29, 0.717) is 11.1 Å². The molecule has 2 heterocycles. The van der Waals surface area contributed by atoms with Crippen LogP contribution >= 0.6 is 0 Å². The third kappa shape index (κ3) is 2.98. The highest BCUT2D eigenvalue weighted by atomic mass is 16.5. The molecule has 180 valence electrons. The molecule has 0 saturated carbocycles. The van der Waals surface area contributed by atoms with Crippen LogP contribution in [-0.4, -0.2) is 53.4 Å². The van der Waals surface area contributed by atoms with Gasteiger partial charge in [0.05, 0.1) is 11.1 Å². The fraction of sp³-hybridized carbons (Fsp3) is 0.462. The van der Waals surface area contributed by atoms with E-state index in [1.54, 1.807) is 79.7 Å². The molecule has 0 aliphatic carbocycles. The van der Waals surface area contributed by atoms with Crippen molar-refractivity contribution in [2.75, 3.05) is 0 Å². The lowest BCUT2D eigenvalue weighted by atomic mass is 9.84. The molecule has 8 nitrogen and oxygen atoms in total. The van der Waals surface area contributed by atoms with Crippen molar-refractivity contribution in [3.05, 3.63) is 70.1 Å². The predicted molar refractivity (Wildman–Crippen MR) is 129 cm³/mol. The monoisotopic (exact) mass is 464 g/mol. The van der Waals surface area contributed by atoms with E-state index >= 15 is 0 Å². The molecule has 0 fully saturated rings. The summed E-state index contributed by atoms with van der Waals surface area (Å²) in [5, 5.41) is 53.2. The third-order valence-electron chi connectivity index (χ3n) is 8.41. The van der Waals surface area contributed by atoms with E-state index in [0.717, 1.165) is 30.7 Å². The Labute approximate surface area is 200 Å². The summed E-state index contributed by atoms with van der Waals surface area (Å²) in [7, 11) is 0. The van der Waals surface area contributed by atoms with E-state index in [2.05, 4.69) is 0 Å². The number of rotatable bonds is 3.